The van der Waals surface area contributed by atoms with Gasteiger partial charge in [-0.15, -0.1) is 0 Å². The van der Waals surface area contributed by atoms with Crippen molar-refractivity contribution in [3.05, 3.63) is 71.4 Å². The van der Waals surface area contributed by atoms with E-state index in [1.807, 2.05) is 56.4 Å². The quantitative estimate of drug-likeness (QED) is 0.584. The zero-order chi connectivity index (χ0) is 16.2. The molecule has 2 aromatic carbocycles. The second kappa shape index (κ2) is 6.48. The van der Waals surface area contributed by atoms with Gasteiger partial charge >= 0.3 is 0 Å². The highest BCUT2D eigenvalue weighted by molar-refractivity contribution is 6.01. The summed E-state index contributed by atoms with van der Waals surface area (Å²) in [6, 6.07) is 17.8. The number of benzene rings is 2. The van der Waals surface area contributed by atoms with Gasteiger partial charge < -0.3 is 4.57 Å². The molecule has 1 heterocycles. The number of para-hydroxylation sites is 1. The van der Waals surface area contributed by atoms with Crippen molar-refractivity contribution in [1.29, 1.82) is 0 Å². The number of hydrogen-bond donors (Lipinski definition) is 1. The van der Waals surface area contributed by atoms with Crippen LogP contribution in [0.5, 0.6) is 0 Å². The van der Waals surface area contributed by atoms with Crippen molar-refractivity contribution in [2.24, 2.45) is 12.1 Å². The van der Waals surface area contributed by atoms with Crippen molar-refractivity contribution in [2.45, 2.75) is 13.3 Å². The Bertz CT molecular complexity index is 863. The number of carbonyl (C=O) groups excluding carboxylic acids is 1. The topological polar surface area (TPSA) is 46.4 Å². The first-order valence-electron chi connectivity index (χ1n) is 7.56. The van der Waals surface area contributed by atoms with Crippen LogP contribution in [0, 0.1) is 6.92 Å². The molecule has 3 aromatic rings. The van der Waals surface area contributed by atoms with Crippen LogP contribution in [0.4, 0.5) is 0 Å². The van der Waals surface area contributed by atoms with Crippen molar-refractivity contribution in [1.82, 2.24) is 9.99 Å². The molecule has 0 saturated carbocycles. The average molecular weight is 305 g/mol. The molecule has 4 heteroatoms. The first-order chi connectivity index (χ1) is 11.2. The molecule has 0 aliphatic heterocycles. The Balaban J connectivity index is 1.74. The van der Waals surface area contributed by atoms with Gasteiger partial charge in [-0.05, 0) is 18.6 Å². The molecule has 0 aliphatic rings. The summed E-state index contributed by atoms with van der Waals surface area (Å²) < 4.78 is 2.13. The van der Waals surface area contributed by atoms with Gasteiger partial charge in [-0.3, -0.25) is 4.79 Å². The van der Waals surface area contributed by atoms with E-state index in [1.165, 1.54) is 0 Å². The van der Waals surface area contributed by atoms with Crippen molar-refractivity contribution >= 4 is 23.0 Å². The summed E-state index contributed by atoms with van der Waals surface area (Å²) in [5.41, 5.74) is 6.88. The molecule has 1 N–H and O–H groups in total. The molecule has 0 radical (unpaired) electrons. The van der Waals surface area contributed by atoms with Gasteiger partial charge in [0.15, 0.2) is 0 Å². The molecular formula is C19H19N3O. The lowest BCUT2D eigenvalue weighted by Crippen LogP contribution is -2.19. The smallest absolute Gasteiger partial charge is 0.244 e. The van der Waals surface area contributed by atoms with E-state index in [2.05, 4.69) is 27.2 Å². The van der Waals surface area contributed by atoms with Gasteiger partial charge in [-0.25, -0.2) is 5.43 Å². The van der Waals surface area contributed by atoms with Gasteiger partial charge in [-0.2, -0.15) is 5.10 Å². The zero-order valence-electron chi connectivity index (χ0n) is 13.3. The summed E-state index contributed by atoms with van der Waals surface area (Å²) in [6.07, 6.45) is 2.05. The molecule has 4 nitrogen and oxygen atoms in total. The van der Waals surface area contributed by atoms with Gasteiger partial charge in [0.05, 0.1) is 12.6 Å². The Kier molecular flexibility index (Phi) is 4.24. The van der Waals surface area contributed by atoms with Crippen LogP contribution in [0.25, 0.3) is 10.9 Å². The van der Waals surface area contributed by atoms with Crippen molar-refractivity contribution < 1.29 is 4.79 Å². The van der Waals surface area contributed by atoms with Crippen LogP contribution in [-0.4, -0.2) is 16.7 Å². The minimum Gasteiger partial charge on any atom is -0.347 e. The van der Waals surface area contributed by atoms with E-state index in [0.717, 1.165) is 27.7 Å². The molecule has 23 heavy (non-hydrogen) atoms. The van der Waals surface area contributed by atoms with E-state index in [0.29, 0.717) is 6.42 Å². The van der Waals surface area contributed by atoms with Crippen molar-refractivity contribution in [3.63, 3.8) is 0 Å². The number of carbonyl (C=O) groups is 1. The number of aromatic nitrogens is 1. The van der Waals surface area contributed by atoms with Crippen LogP contribution < -0.4 is 5.43 Å². The molecule has 1 amide bonds. The summed E-state index contributed by atoms with van der Waals surface area (Å²) in [7, 11) is 2.03. The monoisotopic (exact) mass is 305 g/mol. The van der Waals surface area contributed by atoms with Crippen LogP contribution >= 0.6 is 0 Å². The summed E-state index contributed by atoms with van der Waals surface area (Å²) in [6.45, 7) is 2.05. The maximum absolute atomic E-state index is 11.9. The lowest BCUT2D eigenvalue weighted by atomic mass is 10.1. The van der Waals surface area contributed by atoms with Crippen molar-refractivity contribution in [2.75, 3.05) is 0 Å². The highest BCUT2D eigenvalue weighted by Crippen LogP contribution is 2.22. The molecule has 3 rings (SSSR count). The van der Waals surface area contributed by atoms with Crippen LogP contribution in [0.1, 0.15) is 16.8 Å². The fourth-order valence-electron chi connectivity index (χ4n) is 2.70. The highest BCUT2D eigenvalue weighted by atomic mass is 16.2. The van der Waals surface area contributed by atoms with Crippen molar-refractivity contribution in [3.8, 4) is 0 Å². The molecule has 0 unspecified atom stereocenters. The first-order valence-corrected chi connectivity index (χ1v) is 7.56. The highest BCUT2D eigenvalue weighted by Gasteiger charge is 2.09. The van der Waals surface area contributed by atoms with Crippen LogP contribution in [0.15, 0.2) is 59.7 Å². The maximum Gasteiger partial charge on any atom is 0.244 e. The third-order valence-electron chi connectivity index (χ3n) is 4.04. The standard InChI is InChI=1S/C19H19N3O/c1-14-17(16-10-6-7-11-18(16)22(14)2)13-20-21-19(23)12-15-8-4-3-5-9-15/h3-11,13H,12H2,1-2H3,(H,21,23)/b20-13-. The van der Waals surface area contributed by atoms with E-state index in [-0.39, 0.29) is 5.91 Å². The van der Waals surface area contributed by atoms with Crippen LogP contribution in [-0.2, 0) is 18.3 Å². The number of amides is 1. The minimum atomic E-state index is -0.120. The Morgan fingerprint density at radius 1 is 1.13 bits per heavy atom. The SMILES string of the molecule is Cc1c(/C=N\NC(=O)Cc2ccccc2)c2ccccc2n1C. The fraction of sp³-hybridized carbons (Fsp3) is 0.158. The molecule has 0 atom stereocenters. The number of hydrazone groups is 1. The first kappa shape index (κ1) is 15.0. The lowest BCUT2D eigenvalue weighted by Gasteiger charge is -2.00. The van der Waals surface area contributed by atoms with E-state index < -0.39 is 0 Å². The Labute approximate surface area is 135 Å². The Morgan fingerprint density at radius 2 is 1.83 bits per heavy atom. The van der Waals surface area contributed by atoms with Gasteiger partial charge in [0.1, 0.15) is 0 Å². The molecular weight excluding hydrogens is 286 g/mol. The second-order valence-electron chi connectivity index (χ2n) is 5.53. The van der Waals surface area contributed by atoms with Gasteiger partial charge in [-0.1, -0.05) is 48.5 Å². The summed E-state index contributed by atoms with van der Waals surface area (Å²) in [4.78, 5) is 11.9. The van der Waals surface area contributed by atoms with Gasteiger partial charge in [0.2, 0.25) is 5.91 Å². The lowest BCUT2D eigenvalue weighted by molar-refractivity contribution is -0.120. The van der Waals surface area contributed by atoms with E-state index in [4.69, 9.17) is 0 Å². The second-order valence-corrected chi connectivity index (χ2v) is 5.53. The third-order valence-corrected chi connectivity index (χ3v) is 4.04. The molecule has 0 spiro atoms. The van der Waals surface area contributed by atoms with E-state index in [1.54, 1.807) is 6.21 Å². The normalized spacial score (nSPS) is 11.2. The number of fused-ring (bicyclic) bond motifs is 1. The molecule has 116 valence electrons. The number of nitrogens with one attached hydrogen (secondary N) is 1. The molecule has 1 aromatic heterocycles. The third kappa shape index (κ3) is 3.16. The van der Waals surface area contributed by atoms with E-state index in [9.17, 15) is 4.79 Å². The molecule has 0 aliphatic carbocycles. The number of rotatable bonds is 4. The molecule has 0 saturated heterocycles. The average Bonchev–Trinajstić information content (AvgIpc) is 2.81. The number of nitrogens with zero attached hydrogens (tertiary/aromatic N) is 2. The Hall–Kier alpha value is -2.88. The molecule has 0 bridgehead atoms. The predicted molar refractivity (Wildman–Crippen MR) is 93.5 cm³/mol. The maximum atomic E-state index is 11.9. The number of hydrogen-bond acceptors (Lipinski definition) is 2. The van der Waals surface area contributed by atoms with Crippen LogP contribution in [0.3, 0.4) is 0 Å². The Morgan fingerprint density at radius 3 is 2.61 bits per heavy atom. The van der Waals surface area contributed by atoms with E-state index >= 15 is 0 Å². The zero-order valence-corrected chi connectivity index (χ0v) is 13.3. The fourth-order valence-corrected chi connectivity index (χ4v) is 2.70. The van der Waals surface area contributed by atoms with Crippen LogP contribution in [0.2, 0.25) is 0 Å². The van der Waals surface area contributed by atoms with Gasteiger partial charge in [0, 0.05) is 29.2 Å². The predicted octanol–water partition coefficient (Wildman–Crippen LogP) is 3.18. The molecule has 0 fully saturated rings. The summed E-state index contributed by atoms with van der Waals surface area (Å²) >= 11 is 0. The minimum absolute atomic E-state index is 0.120. The largest absolute Gasteiger partial charge is 0.347 e. The summed E-state index contributed by atoms with van der Waals surface area (Å²) in [5, 5.41) is 5.26. The number of aryl methyl sites for hydroxylation is 1. The van der Waals surface area contributed by atoms with Gasteiger partial charge in [0.25, 0.3) is 0 Å². The summed E-state index contributed by atoms with van der Waals surface area (Å²) in [5.74, 6) is -0.120.